The number of hydrogen-bond acceptors (Lipinski definition) is 5. The number of nitrogens with one attached hydrogen (secondary N) is 1. The van der Waals surface area contributed by atoms with Gasteiger partial charge in [-0.1, -0.05) is 12.6 Å². The fourth-order valence-electron chi connectivity index (χ4n) is 4.20. The Hall–Kier alpha value is -1.94. The van der Waals surface area contributed by atoms with E-state index in [0.717, 1.165) is 30.6 Å². The molecule has 2 fully saturated rings. The Bertz CT molecular complexity index is 840. The number of piperidine rings is 1. The first kappa shape index (κ1) is 18.4. The average molecular weight is 481 g/mol. The van der Waals surface area contributed by atoms with Gasteiger partial charge in [-0.15, -0.1) is 0 Å². The van der Waals surface area contributed by atoms with Gasteiger partial charge in [0.15, 0.2) is 0 Å². The molecule has 142 valence electrons. The second-order valence-corrected chi connectivity index (χ2v) is 7.71. The van der Waals surface area contributed by atoms with Crippen molar-refractivity contribution in [1.82, 2.24) is 10.2 Å². The van der Waals surface area contributed by atoms with Crippen molar-refractivity contribution >= 4 is 52.1 Å². The Balaban J connectivity index is 1.62. The lowest BCUT2D eigenvalue weighted by Gasteiger charge is -2.30. The molecule has 2 saturated heterocycles. The van der Waals surface area contributed by atoms with Crippen LogP contribution in [0.2, 0.25) is 0 Å². The molecule has 27 heavy (non-hydrogen) atoms. The fraction of sp³-hybridized carbons (Fsp3) is 0.421. The van der Waals surface area contributed by atoms with E-state index in [0.29, 0.717) is 30.3 Å². The van der Waals surface area contributed by atoms with Gasteiger partial charge >= 0.3 is 0 Å². The van der Waals surface area contributed by atoms with Gasteiger partial charge in [0.2, 0.25) is 11.8 Å². The van der Waals surface area contributed by atoms with Gasteiger partial charge < -0.3 is 7.97 Å². The number of halogens is 1. The molecule has 0 radical (unpaired) electrons. The molecular formula is C19H20IN3O4. The fourth-order valence-corrected chi connectivity index (χ4v) is 4.62. The second kappa shape index (κ2) is 7.23. The standard InChI is InChI=1S/C19H20IN3O4/c1-11-14-5-4-12(22-8-2-3-13(22)10-27-20)9-15(14)19(26)23(11)16-6-7-17(24)21-18(16)25/h4-5,9,13,16H,1-3,6-8,10H2,(H,21,24,25). The molecule has 1 N–H and O–H groups in total. The monoisotopic (exact) mass is 481 g/mol. The van der Waals surface area contributed by atoms with E-state index in [1.807, 2.05) is 41.2 Å². The van der Waals surface area contributed by atoms with Crippen molar-refractivity contribution in [3.05, 3.63) is 35.9 Å². The number of imide groups is 1. The number of fused-ring (bicyclic) bond motifs is 1. The lowest BCUT2D eigenvalue weighted by atomic mass is 10.0. The van der Waals surface area contributed by atoms with Crippen LogP contribution in [-0.4, -0.2) is 47.9 Å². The van der Waals surface area contributed by atoms with Crippen LogP contribution in [0.25, 0.3) is 5.70 Å². The molecule has 3 heterocycles. The minimum atomic E-state index is -0.689. The molecule has 3 amide bonds. The van der Waals surface area contributed by atoms with E-state index < -0.39 is 11.9 Å². The van der Waals surface area contributed by atoms with E-state index >= 15 is 0 Å². The van der Waals surface area contributed by atoms with Crippen molar-refractivity contribution < 1.29 is 17.4 Å². The predicted molar refractivity (Wildman–Crippen MR) is 108 cm³/mol. The minimum absolute atomic E-state index is 0.223. The Morgan fingerprint density at radius 1 is 1.22 bits per heavy atom. The first-order valence-electron chi connectivity index (χ1n) is 9.02. The number of anilines is 1. The van der Waals surface area contributed by atoms with E-state index in [1.54, 1.807) is 0 Å². The van der Waals surface area contributed by atoms with Gasteiger partial charge in [-0.2, -0.15) is 0 Å². The van der Waals surface area contributed by atoms with Crippen LogP contribution in [0.5, 0.6) is 0 Å². The van der Waals surface area contributed by atoms with E-state index in [1.165, 1.54) is 4.90 Å². The molecule has 3 aliphatic rings. The zero-order valence-corrected chi connectivity index (χ0v) is 16.9. The summed E-state index contributed by atoms with van der Waals surface area (Å²) in [5.74, 6) is -0.967. The maximum atomic E-state index is 13.1. The average Bonchev–Trinajstić information content (AvgIpc) is 3.20. The molecule has 2 unspecified atom stereocenters. The summed E-state index contributed by atoms with van der Waals surface area (Å²) in [7, 11) is 0. The van der Waals surface area contributed by atoms with Crippen LogP contribution >= 0.6 is 23.0 Å². The van der Waals surface area contributed by atoms with Crippen LogP contribution in [0.1, 0.15) is 41.6 Å². The highest BCUT2D eigenvalue weighted by Gasteiger charge is 2.41. The topological polar surface area (TPSA) is 79.0 Å². The summed E-state index contributed by atoms with van der Waals surface area (Å²) in [5, 5.41) is 2.31. The summed E-state index contributed by atoms with van der Waals surface area (Å²) >= 11 is 1.91. The summed E-state index contributed by atoms with van der Waals surface area (Å²) in [6.07, 6.45) is 2.69. The first-order chi connectivity index (χ1) is 13.0. The predicted octanol–water partition coefficient (Wildman–Crippen LogP) is 2.25. The lowest BCUT2D eigenvalue weighted by molar-refractivity contribution is -0.136. The van der Waals surface area contributed by atoms with Gasteiger partial charge in [-0.25, -0.2) is 0 Å². The molecule has 0 aromatic heterocycles. The van der Waals surface area contributed by atoms with Crippen LogP contribution in [-0.2, 0) is 12.7 Å². The molecule has 0 spiro atoms. The largest absolute Gasteiger partial charge is 0.366 e. The maximum absolute atomic E-state index is 13.1. The summed E-state index contributed by atoms with van der Waals surface area (Å²) in [5.41, 5.74) is 2.80. The highest BCUT2D eigenvalue weighted by molar-refractivity contribution is 14.1. The Morgan fingerprint density at radius 2 is 2.04 bits per heavy atom. The number of nitrogens with zero attached hydrogens (tertiary/aromatic N) is 2. The third-order valence-corrected chi connectivity index (χ3v) is 5.90. The summed E-state index contributed by atoms with van der Waals surface area (Å²) in [6, 6.07) is 5.39. The van der Waals surface area contributed by atoms with Crippen LogP contribution < -0.4 is 10.2 Å². The van der Waals surface area contributed by atoms with Gasteiger partial charge in [0.25, 0.3) is 5.91 Å². The molecule has 1 aromatic carbocycles. The Labute approximate surface area is 171 Å². The quantitative estimate of drug-likeness (QED) is 0.528. The zero-order valence-electron chi connectivity index (χ0n) is 14.7. The summed E-state index contributed by atoms with van der Waals surface area (Å²) in [4.78, 5) is 40.4. The maximum Gasteiger partial charge on any atom is 0.259 e. The molecule has 8 heteroatoms. The van der Waals surface area contributed by atoms with Gasteiger partial charge in [0, 0.05) is 29.9 Å². The van der Waals surface area contributed by atoms with E-state index in [2.05, 4.69) is 16.8 Å². The van der Waals surface area contributed by atoms with Crippen molar-refractivity contribution in [2.24, 2.45) is 0 Å². The van der Waals surface area contributed by atoms with Crippen molar-refractivity contribution in [1.29, 1.82) is 0 Å². The zero-order chi connectivity index (χ0) is 19.1. The van der Waals surface area contributed by atoms with Crippen LogP contribution in [0.15, 0.2) is 24.8 Å². The molecule has 0 aliphatic carbocycles. The number of rotatable bonds is 4. The van der Waals surface area contributed by atoms with Crippen LogP contribution in [0, 0.1) is 0 Å². The normalized spacial score (nSPS) is 25.2. The van der Waals surface area contributed by atoms with Crippen LogP contribution in [0.3, 0.4) is 0 Å². The summed E-state index contributed by atoms with van der Waals surface area (Å²) in [6.45, 7) is 5.60. The van der Waals surface area contributed by atoms with E-state index in [4.69, 9.17) is 3.07 Å². The molecule has 3 aliphatic heterocycles. The highest BCUT2D eigenvalue weighted by Crippen LogP contribution is 2.38. The van der Waals surface area contributed by atoms with Crippen LogP contribution in [0.4, 0.5) is 5.69 Å². The van der Waals surface area contributed by atoms with Crippen molar-refractivity contribution in [3.8, 4) is 0 Å². The molecule has 2 atom stereocenters. The molecule has 4 rings (SSSR count). The first-order valence-corrected chi connectivity index (χ1v) is 9.90. The van der Waals surface area contributed by atoms with Crippen molar-refractivity contribution in [2.45, 2.75) is 37.8 Å². The molecule has 0 bridgehead atoms. The van der Waals surface area contributed by atoms with E-state index in [-0.39, 0.29) is 18.2 Å². The van der Waals surface area contributed by atoms with Gasteiger partial charge in [0.05, 0.1) is 18.2 Å². The van der Waals surface area contributed by atoms with Gasteiger partial charge in [-0.05, 0) is 31.4 Å². The molecule has 0 saturated carbocycles. The van der Waals surface area contributed by atoms with Crippen molar-refractivity contribution in [3.63, 3.8) is 0 Å². The Kier molecular flexibility index (Phi) is 4.94. The number of amides is 3. The van der Waals surface area contributed by atoms with Gasteiger partial charge in [-0.3, -0.25) is 24.6 Å². The number of benzene rings is 1. The van der Waals surface area contributed by atoms with E-state index in [9.17, 15) is 14.4 Å². The third-order valence-electron chi connectivity index (χ3n) is 5.54. The lowest BCUT2D eigenvalue weighted by Crippen LogP contribution is -2.52. The van der Waals surface area contributed by atoms with Crippen molar-refractivity contribution in [2.75, 3.05) is 18.1 Å². The minimum Gasteiger partial charge on any atom is -0.366 e. The number of carbonyl (C=O) groups excluding carboxylic acids is 3. The third kappa shape index (κ3) is 3.14. The molecule has 1 aromatic rings. The smallest absolute Gasteiger partial charge is 0.259 e. The summed E-state index contributed by atoms with van der Waals surface area (Å²) < 4.78 is 5.29. The number of carbonyl (C=O) groups is 3. The number of hydrogen-bond donors (Lipinski definition) is 1. The highest BCUT2D eigenvalue weighted by atomic mass is 127. The second-order valence-electron chi connectivity index (χ2n) is 7.08. The molecular weight excluding hydrogens is 461 g/mol. The SMILES string of the molecule is C=C1c2ccc(N3CCCC3COI)cc2C(=O)N1C1CCC(=O)NC1=O. The molecule has 7 nitrogen and oxygen atoms in total. The Morgan fingerprint density at radius 3 is 2.78 bits per heavy atom. The van der Waals surface area contributed by atoms with Gasteiger partial charge in [0.1, 0.15) is 29.0 Å².